The molecule has 1 amide bonds. The van der Waals surface area contributed by atoms with Crippen molar-refractivity contribution in [3.63, 3.8) is 0 Å². The summed E-state index contributed by atoms with van der Waals surface area (Å²) in [4.78, 5) is 12.0. The van der Waals surface area contributed by atoms with Crippen LogP contribution in [0.1, 0.15) is 22.5 Å². The zero-order valence-electron chi connectivity index (χ0n) is 8.57. The number of terminal acetylenes is 1. The van der Waals surface area contributed by atoms with E-state index in [1.165, 1.54) is 0 Å². The van der Waals surface area contributed by atoms with Crippen LogP contribution in [0.15, 0.2) is 15.9 Å². The molecule has 2 rings (SSSR count). The molecule has 1 aromatic rings. The molecule has 0 radical (unpaired) electrons. The van der Waals surface area contributed by atoms with Crippen molar-refractivity contribution in [2.24, 2.45) is 0 Å². The molecule has 0 bridgehead atoms. The maximum atomic E-state index is 11.9. The Kier molecular flexibility index (Phi) is 3.06. The zero-order valence-corrected chi connectivity index (χ0v) is 11.8. The van der Waals surface area contributed by atoms with Gasteiger partial charge in [0.25, 0.3) is 15.9 Å². The Bertz CT molecular complexity index is 608. The summed E-state index contributed by atoms with van der Waals surface area (Å²) in [7, 11) is -3.78. The summed E-state index contributed by atoms with van der Waals surface area (Å²) >= 11 is 4.37. The minimum atomic E-state index is -3.78. The van der Waals surface area contributed by atoms with Crippen LogP contribution < -0.4 is 4.72 Å². The number of carbonyl (C=O) groups is 1. The molecule has 0 saturated heterocycles. The second-order valence-electron chi connectivity index (χ2n) is 3.68. The highest BCUT2D eigenvalue weighted by molar-refractivity contribution is 9.11. The van der Waals surface area contributed by atoms with Crippen LogP contribution in [0.5, 0.6) is 0 Å². The molecule has 0 aromatic carbocycles. The number of halogens is 1. The number of rotatable bonds is 3. The smallest absolute Gasteiger partial charge is 0.267 e. The van der Waals surface area contributed by atoms with Crippen molar-refractivity contribution in [2.45, 2.75) is 17.6 Å². The molecule has 1 aromatic heterocycles. The number of hydrogen-bond acceptors (Lipinski definition) is 4. The summed E-state index contributed by atoms with van der Waals surface area (Å²) in [6.45, 7) is 0. The number of thiophene rings is 1. The lowest BCUT2D eigenvalue weighted by atomic mass is 10.4. The van der Waals surface area contributed by atoms with Gasteiger partial charge in [0.05, 0.1) is 8.66 Å². The van der Waals surface area contributed by atoms with E-state index in [2.05, 4.69) is 21.9 Å². The van der Waals surface area contributed by atoms with Gasteiger partial charge in [-0.05, 0) is 40.9 Å². The van der Waals surface area contributed by atoms with Crippen LogP contribution in [-0.2, 0) is 10.0 Å². The molecule has 1 fully saturated rings. The number of amides is 1. The Morgan fingerprint density at radius 2 is 2.18 bits per heavy atom. The van der Waals surface area contributed by atoms with E-state index in [4.69, 9.17) is 6.42 Å². The number of carbonyl (C=O) groups excluding carboxylic acids is 1. The van der Waals surface area contributed by atoms with E-state index < -0.39 is 20.7 Å². The van der Waals surface area contributed by atoms with Crippen LogP contribution in [0.25, 0.3) is 0 Å². The van der Waals surface area contributed by atoms with Crippen LogP contribution in [0, 0.1) is 12.3 Å². The first-order chi connectivity index (χ1) is 7.90. The maximum absolute atomic E-state index is 11.9. The minimum Gasteiger partial charge on any atom is -0.267 e. The molecule has 0 aliphatic heterocycles. The van der Waals surface area contributed by atoms with Crippen molar-refractivity contribution in [3.8, 4) is 12.3 Å². The van der Waals surface area contributed by atoms with Crippen LogP contribution in [-0.4, -0.2) is 19.1 Å². The molecular weight excluding hydrogens is 326 g/mol. The van der Waals surface area contributed by atoms with Gasteiger partial charge in [-0.2, -0.15) is 0 Å². The summed E-state index contributed by atoms with van der Waals surface area (Å²) in [5, 5.41) is 0. The first kappa shape index (κ1) is 12.6. The Balaban J connectivity index is 2.18. The van der Waals surface area contributed by atoms with E-state index in [0.717, 1.165) is 15.1 Å². The fraction of sp³-hybridized carbons (Fsp3) is 0.300. The average molecular weight is 334 g/mol. The van der Waals surface area contributed by atoms with E-state index in [1.807, 2.05) is 4.72 Å². The van der Waals surface area contributed by atoms with Gasteiger partial charge in [-0.15, -0.1) is 17.8 Å². The quantitative estimate of drug-likeness (QED) is 0.857. The SMILES string of the molecule is C#CC1(S(=O)(=O)NC(=O)c2ccc(Br)s2)CC1. The molecule has 1 aliphatic rings. The van der Waals surface area contributed by atoms with Crippen molar-refractivity contribution >= 4 is 43.2 Å². The molecule has 1 N–H and O–H groups in total. The van der Waals surface area contributed by atoms with Gasteiger partial charge in [0.1, 0.15) is 0 Å². The van der Waals surface area contributed by atoms with Crippen LogP contribution in [0.3, 0.4) is 0 Å². The second kappa shape index (κ2) is 4.12. The van der Waals surface area contributed by atoms with E-state index in [1.54, 1.807) is 12.1 Å². The van der Waals surface area contributed by atoms with Gasteiger partial charge in [-0.25, -0.2) is 13.1 Å². The third-order valence-electron chi connectivity index (χ3n) is 2.51. The van der Waals surface area contributed by atoms with E-state index in [-0.39, 0.29) is 0 Å². The second-order valence-corrected chi connectivity index (χ2v) is 8.13. The standard InChI is InChI=1S/C10H8BrNO3S2/c1-2-10(5-6-10)17(14,15)12-9(13)7-3-4-8(11)16-7/h1,3-4H,5-6H2,(H,12,13). The highest BCUT2D eigenvalue weighted by atomic mass is 79.9. The Morgan fingerprint density at radius 3 is 2.59 bits per heavy atom. The minimum absolute atomic E-state index is 0.327. The zero-order chi connectivity index (χ0) is 12.7. The first-order valence-electron chi connectivity index (χ1n) is 4.70. The molecule has 90 valence electrons. The van der Waals surface area contributed by atoms with Gasteiger partial charge >= 0.3 is 0 Å². The molecule has 0 atom stereocenters. The third-order valence-corrected chi connectivity index (χ3v) is 6.14. The van der Waals surface area contributed by atoms with Gasteiger partial charge in [0.15, 0.2) is 4.75 Å². The largest absolute Gasteiger partial charge is 0.274 e. The third kappa shape index (κ3) is 2.25. The van der Waals surface area contributed by atoms with Gasteiger partial charge in [-0.1, -0.05) is 5.92 Å². The fourth-order valence-corrected chi connectivity index (χ4v) is 4.00. The summed E-state index contributed by atoms with van der Waals surface area (Å²) in [5.74, 6) is 1.61. The predicted molar refractivity (Wildman–Crippen MR) is 69.2 cm³/mol. The lowest BCUT2D eigenvalue weighted by Gasteiger charge is -2.10. The van der Waals surface area contributed by atoms with E-state index in [0.29, 0.717) is 17.7 Å². The highest BCUT2D eigenvalue weighted by Gasteiger charge is 2.54. The lowest BCUT2D eigenvalue weighted by Crippen LogP contribution is -2.38. The van der Waals surface area contributed by atoms with Gasteiger partial charge in [-0.3, -0.25) is 4.79 Å². The van der Waals surface area contributed by atoms with Crippen LogP contribution >= 0.6 is 27.3 Å². The first-order valence-corrected chi connectivity index (χ1v) is 7.79. The van der Waals surface area contributed by atoms with Crippen LogP contribution in [0.2, 0.25) is 0 Å². The number of nitrogens with one attached hydrogen (secondary N) is 1. The molecule has 1 saturated carbocycles. The number of sulfonamides is 1. The van der Waals surface area contributed by atoms with Gasteiger partial charge in [0.2, 0.25) is 0 Å². The lowest BCUT2D eigenvalue weighted by molar-refractivity contribution is 0.0985. The van der Waals surface area contributed by atoms with Gasteiger partial charge < -0.3 is 0 Å². The Morgan fingerprint density at radius 1 is 1.53 bits per heavy atom. The van der Waals surface area contributed by atoms with Crippen LogP contribution in [0.4, 0.5) is 0 Å². The van der Waals surface area contributed by atoms with Crippen molar-refractivity contribution in [1.29, 1.82) is 0 Å². The topological polar surface area (TPSA) is 63.2 Å². The molecule has 0 unspecified atom stereocenters. The predicted octanol–water partition coefficient (Wildman–Crippen LogP) is 1.74. The average Bonchev–Trinajstić information content (AvgIpc) is 2.95. The molecule has 17 heavy (non-hydrogen) atoms. The highest BCUT2D eigenvalue weighted by Crippen LogP contribution is 2.42. The fourth-order valence-electron chi connectivity index (χ4n) is 1.31. The van der Waals surface area contributed by atoms with Gasteiger partial charge in [0, 0.05) is 0 Å². The van der Waals surface area contributed by atoms with Crippen molar-refractivity contribution in [1.82, 2.24) is 4.72 Å². The maximum Gasteiger partial charge on any atom is 0.274 e. The molecule has 7 heteroatoms. The number of hydrogen-bond donors (Lipinski definition) is 1. The Labute approximate surface area is 112 Å². The summed E-state index contributed by atoms with van der Waals surface area (Å²) in [6.07, 6.45) is 5.99. The monoisotopic (exact) mass is 333 g/mol. The molecule has 0 spiro atoms. The van der Waals surface area contributed by atoms with E-state index >= 15 is 0 Å². The van der Waals surface area contributed by atoms with E-state index in [9.17, 15) is 13.2 Å². The normalized spacial score (nSPS) is 17.2. The molecule has 1 heterocycles. The summed E-state index contributed by atoms with van der Waals surface area (Å²) in [5.41, 5.74) is 0. The summed E-state index contributed by atoms with van der Waals surface area (Å²) in [6, 6.07) is 3.23. The van der Waals surface area contributed by atoms with Crippen molar-refractivity contribution in [3.05, 3.63) is 20.8 Å². The summed E-state index contributed by atoms with van der Waals surface area (Å²) < 4.78 is 25.3. The molecule has 4 nitrogen and oxygen atoms in total. The molecular formula is C10H8BrNO3S2. The Hall–Kier alpha value is -0.840. The molecule has 1 aliphatic carbocycles. The van der Waals surface area contributed by atoms with Crippen molar-refractivity contribution in [2.75, 3.05) is 0 Å². The van der Waals surface area contributed by atoms with Crippen molar-refractivity contribution < 1.29 is 13.2 Å².